The van der Waals surface area contributed by atoms with E-state index in [9.17, 15) is 9.59 Å². The van der Waals surface area contributed by atoms with E-state index in [1.807, 2.05) is 48.7 Å². The molecule has 5 nitrogen and oxygen atoms in total. The quantitative estimate of drug-likeness (QED) is 0.681. The normalized spacial score (nSPS) is 15.9. The summed E-state index contributed by atoms with van der Waals surface area (Å²) in [5.74, 6) is 0.596. The van der Waals surface area contributed by atoms with Gasteiger partial charge in [0.1, 0.15) is 5.76 Å². The van der Waals surface area contributed by atoms with Gasteiger partial charge in [0, 0.05) is 15.3 Å². The molecule has 27 heavy (non-hydrogen) atoms. The van der Waals surface area contributed by atoms with Gasteiger partial charge in [-0.2, -0.15) is 0 Å². The van der Waals surface area contributed by atoms with Gasteiger partial charge in [0.25, 0.3) is 5.91 Å². The molecule has 3 heterocycles. The van der Waals surface area contributed by atoms with Gasteiger partial charge in [-0.05, 0) is 48.7 Å². The zero-order valence-corrected chi connectivity index (χ0v) is 16.3. The van der Waals surface area contributed by atoms with Crippen molar-refractivity contribution in [3.63, 3.8) is 0 Å². The molecule has 3 aromatic rings. The monoisotopic (exact) mass is 398 g/mol. The molecular formula is C20H18N2O3S2. The average molecular weight is 399 g/mol. The van der Waals surface area contributed by atoms with Crippen LogP contribution in [0.5, 0.6) is 0 Å². The molecule has 0 bridgehead atoms. The fourth-order valence-electron chi connectivity index (χ4n) is 2.91. The van der Waals surface area contributed by atoms with Gasteiger partial charge >= 0.3 is 0 Å². The molecule has 1 aliphatic heterocycles. The lowest BCUT2D eigenvalue weighted by atomic mass is 10.1. The Kier molecular flexibility index (Phi) is 5.05. The summed E-state index contributed by atoms with van der Waals surface area (Å²) in [4.78, 5) is 29.0. The fraction of sp³-hybridized carbons (Fsp3) is 0.200. The van der Waals surface area contributed by atoms with Crippen LogP contribution in [0.25, 0.3) is 0 Å². The molecular weight excluding hydrogens is 380 g/mol. The van der Waals surface area contributed by atoms with Gasteiger partial charge in [0.2, 0.25) is 5.91 Å². The fourth-order valence-corrected chi connectivity index (χ4v) is 4.56. The first-order chi connectivity index (χ1) is 13.1. The molecule has 0 spiro atoms. The molecule has 1 aliphatic rings. The van der Waals surface area contributed by atoms with Crippen molar-refractivity contribution in [2.45, 2.75) is 30.2 Å². The Morgan fingerprint density at radius 2 is 2.11 bits per heavy atom. The first-order valence-electron chi connectivity index (χ1n) is 8.56. The van der Waals surface area contributed by atoms with E-state index in [1.165, 1.54) is 11.8 Å². The van der Waals surface area contributed by atoms with E-state index in [1.54, 1.807) is 28.6 Å². The molecule has 138 valence electrons. The van der Waals surface area contributed by atoms with Gasteiger partial charge in [0.05, 0.1) is 30.3 Å². The van der Waals surface area contributed by atoms with Crippen LogP contribution >= 0.6 is 23.1 Å². The third-order valence-corrected chi connectivity index (χ3v) is 6.34. The van der Waals surface area contributed by atoms with Crippen molar-refractivity contribution in [2.75, 3.05) is 5.32 Å². The van der Waals surface area contributed by atoms with Gasteiger partial charge in [-0.1, -0.05) is 6.07 Å². The Morgan fingerprint density at radius 3 is 2.85 bits per heavy atom. The SMILES string of the molecule is CC1Sc2ccc(C(=O)N(Cc3ccco3)Cc3cccs3)cc2NC1=O. The van der Waals surface area contributed by atoms with Gasteiger partial charge < -0.3 is 14.6 Å². The number of benzene rings is 1. The summed E-state index contributed by atoms with van der Waals surface area (Å²) in [6.45, 7) is 2.76. The van der Waals surface area contributed by atoms with Crippen LogP contribution in [0.15, 0.2) is 63.4 Å². The highest BCUT2D eigenvalue weighted by Gasteiger charge is 2.25. The van der Waals surface area contributed by atoms with Crippen LogP contribution in [0.4, 0.5) is 5.69 Å². The average Bonchev–Trinajstić information content (AvgIpc) is 3.35. The predicted octanol–water partition coefficient (Wildman–Crippen LogP) is 4.62. The second-order valence-corrected chi connectivity index (χ2v) is 8.70. The summed E-state index contributed by atoms with van der Waals surface area (Å²) in [5, 5.41) is 4.75. The summed E-state index contributed by atoms with van der Waals surface area (Å²) >= 11 is 3.12. The topological polar surface area (TPSA) is 62.6 Å². The minimum absolute atomic E-state index is 0.0388. The standard InChI is InChI=1S/C20H18N2O3S2/c1-13-19(23)21-17-10-14(6-7-18(17)27-13)20(24)22(11-15-4-2-8-25-15)12-16-5-3-9-26-16/h2-10,13H,11-12H2,1H3,(H,21,23). The Morgan fingerprint density at radius 1 is 1.22 bits per heavy atom. The minimum atomic E-state index is -0.131. The molecule has 1 aromatic carbocycles. The number of carbonyl (C=O) groups is 2. The summed E-state index contributed by atoms with van der Waals surface area (Å²) in [5.41, 5.74) is 1.25. The summed E-state index contributed by atoms with van der Waals surface area (Å²) in [6.07, 6.45) is 1.61. The highest BCUT2D eigenvalue weighted by atomic mass is 32.2. The molecule has 2 amide bonds. The highest BCUT2D eigenvalue weighted by Crippen LogP contribution is 2.36. The lowest BCUT2D eigenvalue weighted by molar-refractivity contribution is -0.115. The molecule has 2 aromatic heterocycles. The predicted molar refractivity (Wildman–Crippen MR) is 107 cm³/mol. The molecule has 0 saturated heterocycles. The van der Waals surface area contributed by atoms with Crippen molar-refractivity contribution in [2.24, 2.45) is 0 Å². The van der Waals surface area contributed by atoms with Crippen LogP contribution < -0.4 is 5.32 Å². The smallest absolute Gasteiger partial charge is 0.254 e. The van der Waals surface area contributed by atoms with Gasteiger partial charge in [-0.25, -0.2) is 0 Å². The molecule has 0 fully saturated rings. The third kappa shape index (κ3) is 3.94. The number of anilines is 1. The van der Waals surface area contributed by atoms with E-state index >= 15 is 0 Å². The maximum absolute atomic E-state index is 13.2. The van der Waals surface area contributed by atoms with Crippen LogP contribution in [0.3, 0.4) is 0 Å². The van der Waals surface area contributed by atoms with E-state index in [0.717, 1.165) is 15.5 Å². The first-order valence-corrected chi connectivity index (χ1v) is 10.3. The van der Waals surface area contributed by atoms with Gasteiger partial charge in [-0.15, -0.1) is 23.1 Å². The Balaban J connectivity index is 1.60. The van der Waals surface area contributed by atoms with Crippen LogP contribution in [-0.2, 0) is 17.9 Å². The van der Waals surface area contributed by atoms with Gasteiger partial charge in [0.15, 0.2) is 0 Å². The van der Waals surface area contributed by atoms with Crippen molar-refractivity contribution in [1.29, 1.82) is 0 Å². The first kappa shape index (κ1) is 17.9. The van der Waals surface area contributed by atoms with E-state index in [4.69, 9.17) is 4.42 Å². The van der Waals surface area contributed by atoms with Crippen LogP contribution in [-0.4, -0.2) is 22.0 Å². The molecule has 1 atom stereocenters. The maximum atomic E-state index is 13.2. The molecule has 0 aliphatic carbocycles. The summed E-state index contributed by atoms with van der Waals surface area (Å²) < 4.78 is 5.43. The second-order valence-electron chi connectivity index (χ2n) is 6.28. The zero-order valence-electron chi connectivity index (χ0n) is 14.7. The van der Waals surface area contributed by atoms with E-state index < -0.39 is 0 Å². The van der Waals surface area contributed by atoms with Crippen molar-refractivity contribution < 1.29 is 14.0 Å². The Labute approximate surface area is 165 Å². The number of hydrogen-bond acceptors (Lipinski definition) is 5. The number of fused-ring (bicyclic) bond motifs is 1. The molecule has 1 unspecified atom stereocenters. The minimum Gasteiger partial charge on any atom is -0.467 e. The van der Waals surface area contributed by atoms with Crippen molar-refractivity contribution in [3.05, 3.63) is 70.3 Å². The third-order valence-electron chi connectivity index (χ3n) is 4.30. The Hall–Kier alpha value is -2.51. The van der Waals surface area contributed by atoms with Crippen molar-refractivity contribution >= 4 is 40.6 Å². The number of thioether (sulfide) groups is 1. The van der Waals surface area contributed by atoms with Gasteiger partial charge in [-0.3, -0.25) is 9.59 Å². The molecule has 4 rings (SSSR count). The number of nitrogens with zero attached hydrogens (tertiary/aromatic N) is 1. The number of hydrogen-bond donors (Lipinski definition) is 1. The summed E-state index contributed by atoms with van der Waals surface area (Å²) in [6, 6.07) is 13.1. The van der Waals surface area contributed by atoms with E-state index in [2.05, 4.69) is 5.32 Å². The second kappa shape index (κ2) is 7.62. The summed E-state index contributed by atoms with van der Waals surface area (Å²) in [7, 11) is 0. The number of amides is 2. The highest BCUT2D eigenvalue weighted by molar-refractivity contribution is 8.00. The number of nitrogens with one attached hydrogen (secondary N) is 1. The number of thiophene rings is 1. The van der Waals surface area contributed by atoms with Crippen molar-refractivity contribution in [3.8, 4) is 0 Å². The number of rotatable bonds is 5. The molecule has 7 heteroatoms. The maximum Gasteiger partial charge on any atom is 0.254 e. The molecule has 0 radical (unpaired) electrons. The van der Waals surface area contributed by atoms with E-state index in [0.29, 0.717) is 24.3 Å². The van der Waals surface area contributed by atoms with Crippen LogP contribution in [0.2, 0.25) is 0 Å². The molecule has 0 saturated carbocycles. The molecule has 1 N–H and O–H groups in total. The van der Waals surface area contributed by atoms with Crippen molar-refractivity contribution in [1.82, 2.24) is 4.90 Å². The largest absolute Gasteiger partial charge is 0.467 e. The van der Waals surface area contributed by atoms with Crippen LogP contribution in [0.1, 0.15) is 27.9 Å². The number of carbonyl (C=O) groups excluding carboxylic acids is 2. The lowest BCUT2D eigenvalue weighted by Gasteiger charge is -2.24. The Bertz CT molecular complexity index is 916. The van der Waals surface area contributed by atoms with E-state index in [-0.39, 0.29) is 17.1 Å². The lowest BCUT2D eigenvalue weighted by Crippen LogP contribution is -2.30. The number of furan rings is 1. The zero-order chi connectivity index (χ0) is 18.8. The van der Waals surface area contributed by atoms with Crippen LogP contribution in [0, 0.1) is 0 Å².